The maximum absolute atomic E-state index is 14.2. The van der Waals surface area contributed by atoms with E-state index in [1.54, 1.807) is 13.1 Å². The topological polar surface area (TPSA) is 140 Å². The number of hydrogen-bond acceptors (Lipinski definition) is 5. The second-order valence-electron chi connectivity index (χ2n) is 12.4. The zero-order valence-corrected chi connectivity index (χ0v) is 27.5. The maximum atomic E-state index is 14.2. The van der Waals surface area contributed by atoms with Crippen LogP contribution in [0, 0.1) is 5.92 Å². The van der Waals surface area contributed by atoms with Crippen LogP contribution in [0.1, 0.15) is 55.4 Å². The summed E-state index contributed by atoms with van der Waals surface area (Å²) in [5.74, 6) is -3.66. The molecular formula is C38H43N5O5. The third kappa shape index (κ3) is 8.36. The molecule has 0 unspecified atom stereocenters. The molecule has 0 radical (unpaired) electrons. The van der Waals surface area contributed by atoms with Crippen LogP contribution in [0.3, 0.4) is 0 Å². The van der Waals surface area contributed by atoms with Gasteiger partial charge >= 0.3 is 11.8 Å². The van der Waals surface area contributed by atoms with Gasteiger partial charge < -0.3 is 20.9 Å². The van der Waals surface area contributed by atoms with Crippen LogP contribution in [0.4, 0.5) is 0 Å². The summed E-state index contributed by atoms with van der Waals surface area (Å²) in [6.07, 6.45) is 5.13. The number of amides is 5. The molecule has 0 spiro atoms. The van der Waals surface area contributed by atoms with Gasteiger partial charge in [-0.3, -0.25) is 28.9 Å². The molecule has 5 amide bonds. The molecule has 3 aromatic carbocycles. The first-order valence-electron chi connectivity index (χ1n) is 16.6. The molecule has 250 valence electrons. The van der Waals surface area contributed by atoms with Crippen molar-refractivity contribution in [1.82, 2.24) is 25.8 Å². The summed E-state index contributed by atoms with van der Waals surface area (Å²) < 4.78 is 0. The molecule has 5 rings (SSSR count). The first-order valence-corrected chi connectivity index (χ1v) is 16.6. The molecule has 0 aliphatic heterocycles. The van der Waals surface area contributed by atoms with Gasteiger partial charge in [-0.25, -0.2) is 0 Å². The summed E-state index contributed by atoms with van der Waals surface area (Å²) in [5, 5.41) is 9.13. The van der Waals surface area contributed by atoms with Gasteiger partial charge in [0.15, 0.2) is 0 Å². The van der Waals surface area contributed by atoms with Crippen molar-refractivity contribution in [2.45, 2.75) is 71.0 Å². The van der Waals surface area contributed by atoms with Crippen molar-refractivity contribution in [3.8, 4) is 0 Å². The van der Waals surface area contributed by atoms with Gasteiger partial charge in [-0.1, -0.05) is 92.6 Å². The van der Waals surface area contributed by atoms with Crippen LogP contribution in [0.5, 0.6) is 0 Å². The molecule has 4 N–H and O–H groups in total. The summed E-state index contributed by atoms with van der Waals surface area (Å²) in [7, 11) is 0. The fourth-order valence-corrected chi connectivity index (χ4v) is 6.15. The fourth-order valence-electron chi connectivity index (χ4n) is 6.15. The number of unbranched alkanes of at least 4 members (excludes halogenated alkanes) is 2. The Bertz CT molecular complexity index is 1740. The third-order valence-electron chi connectivity index (χ3n) is 8.87. The van der Waals surface area contributed by atoms with E-state index in [9.17, 15) is 24.0 Å². The number of carbonyl (C=O) groups is 5. The molecule has 0 bridgehead atoms. The van der Waals surface area contributed by atoms with Crippen LogP contribution in [-0.4, -0.2) is 58.0 Å². The smallest absolute Gasteiger partial charge is 0.318 e. The molecule has 0 fully saturated rings. The highest BCUT2D eigenvalue weighted by molar-refractivity contribution is 6.37. The van der Waals surface area contributed by atoms with Gasteiger partial charge in [0.05, 0.1) is 0 Å². The van der Waals surface area contributed by atoms with E-state index in [2.05, 4.69) is 20.9 Å². The van der Waals surface area contributed by atoms with Crippen LogP contribution in [0.2, 0.25) is 0 Å². The minimum atomic E-state index is -1.18. The van der Waals surface area contributed by atoms with E-state index >= 15 is 0 Å². The van der Waals surface area contributed by atoms with Gasteiger partial charge in [-0.2, -0.15) is 0 Å². The third-order valence-corrected chi connectivity index (χ3v) is 8.87. The Hall–Kier alpha value is -5.25. The molecule has 10 nitrogen and oxygen atoms in total. The highest BCUT2D eigenvalue weighted by atomic mass is 16.2. The zero-order valence-electron chi connectivity index (χ0n) is 27.5. The molecule has 0 saturated heterocycles. The quantitative estimate of drug-likeness (QED) is 0.128. The molecule has 1 aliphatic carbocycles. The fraction of sp³-hybridized carbons (Fsp3) is 0.342. The Labute approximate surface area is 280 Å². The SMILES string of the molecule is CCCCCN(C(=O)C(=O)NCc1ccccc1)C(=O)[C@H](Cc1c[nH]c2ccccc12)NC(=O)[C@H](C)NC(=O)C1Cc2ccccc2C1. The van der Waals surface area contributed by atoms with Crippen molar-refractivity contribution in [3.05, 3.63) is 107 Å². The highest BCUT2D eigenvalue weighted by Crippen LogP contribution is 2.26. The summed E-state index contributed by atoms with van der Waals surface area (Å²) in [5.41, 5.74) is 4.68. The van der Waals surface area contributed by atoms with Crippen LogP contribution in [0.25, 0.3) is 10.9 Å². The van der Waals surface area contributed by atoms with Crippen molar-refractivity contribution in [3.63, 3.8) is 0 Å². The average molecular weight is 650 g/mol. The number of aromatic nitrogens is 1. The molecule has 1 aromatic heterocycles. The van der Waals surface area contributed by atoms with E-state index < -0.39 is 35.7 Å². The minimum Gasteiger partial charge on any atom is -0.361 e. The molecule has 1 aliphatic rings. The number of nitrogens with zero attached hydrogens (tertiary/aromatic N) is 1. The number of fused-ring (bicyclic) bond motifs is 2. The van der Waals surface area contributed by atoms with E-state index in [-0.39, 0.29) is 31.3 Å². The van der Waals surface area contributed by atoms with E-state index in [1.807, 2.05) is 85.8 Å². The standard InChI is InChI=1S/C38H43N5O5/c1-3-4-12-19-43(38(48)36(46)40-23-26-13-6-5-7-14-26)37(47)33(22-30-24-39-32-18-11-10-17-31(30)32)42-34(44)25(2)41-35(45)29-20-27-15-8-9-16-28(27)21-29/h5-11,13-18,24-25,29,33,39H,3-4,12,19-23H2,1-2H3,(H,40,46)(H,41,45)(H,42,44)/t25-,33-/m0/s1. The number of imide groups is 1. The van der Waals surface area contributed by atoms with E-state index in [0.717, 1.165) is 50.9 Å². The lowest BCUT2D eigenvalue weighted by Gasteiger charge is -2.27. The summed E-state index contributed by atoms with van der Waals surface area (Å²) in [6.45, 7) is 3.73. The van der Waals surface area contributed by atoms with Crippen LogP contribution in [-0.2, 0) is 49.8 Å². The van der Waals surface area contributed by atoms with Gasteiger partial charge in [-0.05, 0) is 54.5 Å². The summed E-state index contributed by atoms with van der Waals surface area (Å²) >= 11 is 0. The predicted octanol–water partition coefficient (Wildman–Crippen LogP) is 3.98. The van der Waals surface area contributed by atoms with Crippen molar-refractivity contribution in [1.29, 1.82) is 0 Å². The maximum Gasteiger partial charge on any atom is 0.318 e. The molecule has 48 heavy (non-hydrogen) atoms. The minimum absolute atomic E-state index is 0.0268. The molecule has 2 atom stereocenters. The first kappa shape index (κ1) is 34.1. The van der Waals surface area contributed by atoms with Crippen molar-refractivity contribution in [2.75, 3.05) is 6.54 Å². The number of hydrogen-bond donors (Lipinski definition) is 4. The number of carbonyl (C=O) groups excluding carboxylic acids is 5. The second-order valence-corrected chi connectivity index (χ2v) is 12.4. The average Bonchev–Trinajstić information content (AvgIpc) is 3.73. The molecule has 4 aromatic rings. The van der Waals surface area contributed by atoms with Gasteiger partial charge in [0, 0.05) is 42.5 Å². The predicted molar refractivity (Wildman–Crippen MR) is 183 cm³/mol. The number of para-hydroxylation sites is 1. The Balaban J connectivity index is 1.33. The summed E-state index contributed by atoms with van der Waals surface area (Å²) in [4.78, 5) is 71.8. The normalized spacial score (nSPS) is 13.7. The van der Waals surface area contributed by atoms with Crippen LogP contribution in [0.15, 0.2) is 85.1 Å². The van der Waals surface area contributed by atoms with Crippen LogP contribution >= 0.6 is 0 Å². The largest absolute Gasteiger partial charge is 0.361 e. The molecule has 0 saturated carbocycles. The second kappa shape index (κ2) is 16.0. The number of nitrogens with one attached hydrogen (secondary N) is 4. The van der Waals surface area contributed by atoms with Crippen molar-refractivity contribution in [2.24, 2.45) is 5.92 Å². The zero-order chi connectivity index (χ0) is 34.0. The van der Waals surface area contributed by atoms with E-state index in [1.165, 1.54) is 0 Å². The lowest BCUT2D eigenvalue weighted by Crippen LogP contribution is -2.57. The molecule has 1 heterocycles. The Kier molecular flexibility index (Phi) is 11.4. The highest BCUT2D eigenvalue weighted by Gasteiger charge is 2.35. The monoisotopic (exact) mass is 649 g/mol. The van der Waals surface area contributed by atoms with Crippen LogP contribution < -0.4 is 16.0 Å². The Morgan fingerprint density at radius 3 is 2.23 bits per heavy atom. The van der Waals surface area contributed by atoms with E-state index in [4.69, 9.17) is 0 Å². The van der Waals surface area contributed by atoms with Gasteiger partial charge in [-0.15, -0.1) is 0 Å². The lowest BCUT2D eigenvalue weighted by molar-refractivity contribution is -0.154. The van der Waals surface area contributed by atoms with Crippen molar-refractivity contribution < 1.29 is 24.0 Å². The number of rotatable bonds is 13. The molecule has 10 heteroatoms. The first-order chi connectivity index (χ1) is 23.2. The Morgan fingerprint density at radius 1 is 0.854 bits per heavy atom. The van der Waals surface area contributed by atoms with E-state index in [0.29, 0.717) is 19.3 Å². The number of benzene rings is 3. The Morgan fingerprint density at radius 2 is 1.52 bits per heavy atom. The molecular weight excluding hydrogens is 606 g/mol. The van der Waals surface area contributed by atoms with Gasteiger partial charge in [0.2, 0.25) is 11.8 Å². The number of H-pyrrole nitrogens is 1. The van der Waals surface area contributed by atoms with Crippen molar-refractivity contribution >= 4 is 40.4 Å². The lowest BCUT2D eigenvalue weighted by atomic mass is 10.0. The van der Waals surface area contributed by atoms with Gasteiger partial charge in [0.1, 0.15) is 12.1 Å². The summed E-state index contributed by atoms with van der Waals surface area (Å²) in [6, 6.07) is 22.5. The number of aromatic amines is 1. The van der Waals surface area contributed by atoms with Gasteiger partial charge in [0.25, 0.3) is 5.91 Å².